The summed E-state index contributed by atoms with van der Waals surface area (Å²) in [5, 5.41) is 4.82. The lowest BCUT2D eigenvalue weighted by atomic mass is 10.2. The van der Waals surface area contributed by atoms with Crippen LogP contribution >= 0.6 is 11.3 Å². The number of rotatable bonds is 5. The molecule has 4 heteroatoms. The van der Waals surface area contributed by atoms with Gasteiger partial charge in [-0.1, -0.05) is 18.2 Å². The number of hydrogen-bond donors (Lipinski definition) is 1. The van der Waals surface area contributed by atoms with Gasteiger partial charge >= 0.3 is 0 Å². The van der Waals surface area contributed by atoms with Gasteiger partial charge in [0.2, 0.25) is 5.91 Å². The lowest BCUT2D eigenvalue weighted by Crippen LogP contribution is -2.05. The Bertz CT molecular complexity index is 544. The standard InChI is InChI=1S/C15H16N2OS/c1-12(18)17-14-6-4-13(5-7-14)11-16-9-8-15-3-2-10-19-15/h2-7,10-11H,8-9H2,1H3,(H,17,18). The highest BCUT2D eigenvalue weighted by atomic mass is 32.1. The Morgan fingerprint density at radius 3 is 2.74 bits per heavy atom. The van der Waals surface area contributed by atoms with Crippen molar-refractivity contribution in [3.63, 3.8) is 0 Å². The number of nitrogens with zero attached hydrogens (tertiary/aromatic N) is 1. The second-order valence-corrected chi connectivity index (χ2v) is 5.20. The fourth-order valence-corrected chi connectivity index (χ4v) is 2.35. The SMILES string of the molecule is CC(=O)Nc1ccc(C=NCCc2cccs2)cc1. The first-order valence-corrected chi connectivity index (χ1v) is 7.02. The van der Waals surface area contributed by atoms with Crippen LogP contribution < -0.4 is 5.32 Å². The maximum atomic E-state index is 10.9. The van der Waals surface area contributed by atoms with Gasteiger partial charge in [0.25, 0.3) is 0 Å². The number of aliphatic imine (C=N–C) groups is 1. The Hall–Kier alpha value is -1.94. The maximum Gasteiger partial charge on any atom is 0.221 e. The number of nitrogens with one attached hydrogen (secondary N) is 1. The number of carbonyl (C=O) groups is 1. The van der Waals surface area contributed by atoms with E-state index in [1.807, 2.05) is 30.5 Å². The van der Waals surface area contributed by atoms with Crippen molar-refractivity contribution in [2.45, 2.75) is 13.3 Å². The summed E-state index contributed by atoms with van der Waals surface area (Å²) in [4.78, 5) is 16.6. The van der Waals surface area contributed by atoms with Gasteiger partial charge in [0.1, 0.15) is 0 Å². The van der Waals surface area contributed by atoms with Crippen molar-refractivity contribution in [2.24, 2.45) is 4.99 Å². The highest BCUT2D eigenvalue weighted by Crippen LogP contribution is 2.10. The summed E-state index contributed by atoms with van der Waals surface area (Å²) in [6, 6.07) is 11.8. The first-order chi connectivity index (χ1) is 9.24. The minimum Gasteiger partial charge on any atom is -0.326 e. The van der Waals surface area contributed by atoms with Crippen molar-refractivity contribution >= 4 is 29.1 Å². The van der Waals surface area contributed by atoms with Gasteiger partial charge < -0.3 is 5.32 Å². The summed E-state index contributed by atoms with van der Waals surface area (Å²) >= 11 is 1.76. The topological polar surface area (TPSA) is 41.5 Å². The van der Waals surface area contributed by atoms with Crippen LogP contribution in [0.2, 0.25) is 0 Å². The van der Waals surface area contributed by atoms with Crippen LogP contribution in [0.5, 0.6) is 0 Å². The van der Waals surface area contributed by atoms with Crippen LogP contribution in [-0.2, 0) is 11.2 Å². The highest BCUT2D eigenvalue weighted by Gasteiger charge is 1.95. The molecule has 0 unspecified atom stereocenters. The molecule has 98 valence electrons. The molecule has 0 aliphatic carbocycles. The first kappa shape index (κ1) is 13.5. The average molecular weight is 272 g/mol. The normalized spacial score (nSPS) is 10.8. The zero-order valence-corrected chi connectivity index (χ0v) is 11.6. The molecule has 0 aliphatic rings. The second kappa shape index (κ2) is 6.85. The molecule has 0 saturated carbocycles. The largest absolute Gasteiger partial charge is 0.326 e. The Morgan fingerprint density at radius 2 is 2.11 bits per heavy atom. The molecule has 0 bridgehead atoms. The smallest absolute Gasteiger partial charge is 0.221 e. The monoisotopic (exact) mass is 272 g/mol. The van der Waals surface area contributed by atoms with E-state index < -0.39 is 0 Å². The second-order valence-electron chi connectivity index (χ2n) is 4.17. The van der Waals surface area contributed by atoms with E-state index in [0.29, 0.717) is 0 Å². The van der Waals surface area contributed by atoms with Crippen LogP contribution in [0.4, 0.5) is 5.69 Å². The predicted molar refractivity (Wildman–Crippen MR) is 81.2 cm³/mol. The molecule has 2 rings (SSSR count). The molecular weight excluding hydrogens is 256 g/mol. The van der Waals surface area contributed by atoms with Crippen LogP contribution in [0.25, 0.3) is 0 Å². The van der Waals surface area contributed by atoms with Crippen molar-refractivity contribution in [3.05, 3.63) is 52.2 Å². The number of thiophene rings is 1. The average Bonchev–Trinajstić information content (AvgIpc) is 2.89. The summed E-state index contributed by atoms with van der Waals surface area (Å²) in [6.45, 7) is 2.30. The van der Waals surface area contributed by atoms with Gasteiger partial charge in [0.05, 0.1) is 0 Å². The number of anilines is 1. The van der Waals surface area contributed by atoms with Crippen molar-refractivity contribution in [1.29, 1.82) is 0 Å². The fraction of sp³-hybridized carbons (Fsp3) is 0.200. The number of benzene rings is 1. The Kier molecular flexibility index (Phi) is 4.86. The van der Waals surface area contributed by atoms with Gasteiger partial charge in [0, 0.05) is 36.7 Å². The van der Waals surface area contributed by atoms with Gasteiger partial charge in [-0.05, 0) is 29.1 Å². The molecule has 0 spiro atoms. The molecular formula is C15H16N2OS. The van der Waals surface area contributed by atoms with Crippen LogP contribution in [-0.4, -0.2) is 18.7 Å². The van der Waals surface area contributed by atoms with Crippen molar-refractivity contribution < 1.29 is 4.79 Å². The minimum absolute atomic E-state index is 0.0580. The van der Waals surface area contributed by atoms with E-state index in [4.69, 9.17) is 0 Å². The highest BCUT2D eigenvalue weighted by molar-refractivity contribution is 7.09. The summed E-state index contributed by atoms with van der Waals surface area (Å²) in [5.74, 6) is -0.0580. The summed E-state index contributed by atoms with van der Waals surface area (Å²) in [5.41, 5.74) is 1.85. The van der Waals surface area contributed by atoms with Crippen LogP contribution in [0.3, 0.4) is 0 Å². The molecule has 0 atom stereocenters. The third kappa shape index (κ3) is 4.67. The third-order valence-corrected chi connectivity index (χ3v) is 3.47. The van der Waals surface area contributed by atoms with Crippen molar-refractivity contribution in [1.82, 2.24) is 0 Å². The predicted octanol–water partition coefficient (Wildman–Crippen LogP) is 3.37. The van der Waals surface area contributed by atoms with Gasteiger partial charge in [-0.15, -0.1) is 11.3 Å². The lowest BCUT2D eigenvalue weighted by Gasteiger charge is -2.01. The van der Waals surface area contributed by atoms with E-state index in [2.05, 4.69) is 27.8 Å². The first-order valence-electron chi connectivity index (χ1n) is 6.14. The Labute approximate surface area is 117 Å². The molecule has 1 N–H and O–H groups in total. The zero-order valence-electron chi connectivity index (χ0n) is 10.8. The van der Waals surface area contributed by atoms with E-state index in [1.165, 1.54) is 11.8 Å². The number of hydrogen-bond acceptors (Lipinski definition) is 3. The van der Waals surface area contributed by atoms with Gasteiger partial charge in [0.15, 0.2) is 0 Å². The molecule has 2 aromatic rings. The maximum absolute atomic E-state index is 10.9. The zero-order chi connectivity index (χ0) is 13.5. The molecule has 0 radical (unpaired) electrons. The van der Waals surface area contributed by atoms with Crippen LogP contribution in [0.15, 0.2) is 46.8 Å². The fourth-order valence-electron chi connectivity index (χ4n) is 1.66. The van der Waals surface area contributed by atoms with Gasteiger partial charge in [-0.3, -0.25) is 9.79 Å². The van der Waals surface area contributed by atoms with Gasteiger partial charge in [-0.25, -0.2) is 0 Å². The summed E-state index contributed by atoms with van der Waals surface area (Å²) in [6.07, 6.45) is 2.85. The number of carbonyl (C=O) groups excluding carboxylic acids is 1. The molecule has 0 saturated heterocycles. The van der Waals surface area contributed by atoms with Crippen molar-refractivity contribution in [2.75, 3.05) is 11.9 Å². The number of amides is 1. The molecule has 0 fully saturated rings. The van der Waals surface area contributed by atoms with Crippen LogP contribution in [0, 0.1) is 0 Å². The van der Waals surface area contributed by atoms with Crippen molar-refractivity contribution in [3.8, 4) is 0 Å². The molecule has 19 heavy (non-hydrogen) atoms. The molecule has 1 aromatic carbocycles. The quantitative estimate of drug-likeness (QED) is 0.833. The van der Waals surface area contributed by atoms with E-state index in [9.17, 15) is 4.79 Å². The molecule has 1 heterocycles. The lowest BCUT2D eigenvalue weighted by molar-refractivity contribution is -0.114. The summed E-state index contributed by atoms with van der Waals surface area (Å²) < 4.78 is 0. The Balaban J connectivity index is 1.83. The minimum atomic E-state index is -0.0580. The van der Waals surface area contributed by atoms with E-state index in [0.717, 1.165) is 24.2 Å². The van der Waals surface area contributed by atoms with Gasteiger partial charge in [-0.2, -0.15) is 0 Å². The van der Waals surface area contributed by atoms with E-state index in [1.54, 1.807) is 11.3 Å². The molecule has 0 aliphatic heterocycles. The van der Waals surface area contributed by atoms with Crippen LogP contribution in [0.1, 0.15) is 17.4 Å². The summed E-state index contributed by atoms with van der Waals surface area (Å²) in [7, 11) is 0. The molecule has 3 nitrogen and oxygen atoms in total. The Morgan fingerprint density at radius 1 is 1.32 bits per heavy atom. The third-order valence-electron chi connectivity index (χ3n) is 2.54. The molecule has 1 aromatic heterocycles. The molecule has 1 amide bonds. The van der Waals surface area contributed by atoms with E-state index in [-0.39, 0.29) is 5.91 Å². The van der Waals surface area contributed by atoms with E-state index >= 15 is 0 Å².